The van der Waals surface area contributed by atoms with Crippen molar-refractivity contribution in [2.75, 3.05) is 14.2 Å². The van der Waals surface area contributed by atoms with Crippen molar-refractivity contribution in [3.8, 4) is 11.5 Å². The zero-order valence-corrected chi connectivity index (χ0v) is 13.5. The molecule has 1 aromatic carbocycles. The van der Waals surface area contributed by atoms with Gasteiger partial charge in [-0.1, -0.05) is 12.8 Å². The Balaban J connectivity index is 1.91. The lowest BCUT2D eigenvalue weighted by molar-refractivity contribution is -0.142. The monoisotopic (exact) mass is 321 g/mol. The first-order valence-electron chi connectivity index (χ1n) is 7.76. The number of hydrogen-bond acceptors (Lipinski definition) is 4. The number of amides is 1. The van der Waals surface area contributed by atoms with Crippen LogP contribution in [0.4, 0.5) is 0 Å². The minimum Gasteiger partial charge on any atom is -0.497 e. The van der Waals surface area contributed by atoms with E-state index in [-0.39, 0.29) is 12.3 Å². The third-order valence-electron chi connectivity index (χ3n) is 4.01. The zero-order valence-electron chi connectivity index (χ0n) is 13.5. The number of ether oxygens (including phenoxy) is 2. The van der Waals surface area contributed by atoms with Crippen LogP contribution in [-0.2, 0) is 16.0 Å². The largest absolute Gasteiger partial charge is 0.497 e. The zero-order chi connectivity index (χ0) is 16.8. The van der Waals surface area contributed by atoms with Crippen LogP contribution in [-0.4, -0.2) is 37.2 Å². The number of benzene rings is 1. The molecule has 126 valence electrons. The number of rotatable bonds is 9. The van der Waals surface area contributed by atoms with Crippen molar-refractivity contribution in [1.82, 2.24) is 5.32 Å². The van der Waals surface area contributed by atoms with Crippen LogP contribution in [0.2, 0.25) is 0 Å². The molecular weight excluding hydrogens is 298 g/mol. The maximum atomic E-state index is 12.0. The van der Waals surface area contributed by atoms with Gasteiger partial charge in [0.15, 0.2) is 0 Å². The second kappa shape index (κ2) is 7.85. The molecule has 0 spiro atoms. The number of aryl methyl sites for hydroxylation is 1. The van der Waals surface area contributed by atoms with Gasteiger partial charge >= 0.3 is 5.97 Å². The molecule has 6 heteroatoms. The Bertz CT molecular complexity index is 568. The summed E-state index contributed by atoms with van der Waals surface area (Å²) in [7, 11) is 3.15. The van der Waals surface area contributed by atoms with Gasteiger partial charge in [0.2, 0.25) is 5.91 Å². The van der Waals surface area contributed by atoms with Crippen LogP contribution >= 0.6 is 0 Å². The molecule has 0 radical (unpaired) electrons. The Labute approximate surface area is 135 Å². The topological polar surface area (TPSA) is 84.9 Å². The first-order chi connectivity index (χ1) is 11.0. The first-order valence-corrected chi connectivity index (χ1v) is 7.76. The van der Waals surface area contributed by atoms with E-state index in [4.69, 9.17) is 9.47 Å². The summed E-state index contributed by atoms with van der Waals surface area (Å²) in [6.45, 7) is 0. The van der Waals surface area contributed by atoms with Crippen LogP contribution in [0.25, 0.3) is 0 Å². The van der Waals surface area contributed by atoms with E-state index in [1.165, 1.54) is 0 Å². The molecule has 1 unspecified atom stereocenters. The van der Waals surface area contributed by atoms with Gasteiger partial charge in [-0.15, -0.1) is 0 Å². The molecule has 1 aliphatic rings. The summed E-state index contributed by atoms with van der Waals surface area (Å²) in [6.07, 6.45) is 3.30. The van der Waals surface area contributed by atoms with Crippen LogP contribution in [0.5, 0.6) is 11.5 Å². The van der Waals surface area contributed by atoms with Crippen molar-refractivity contribution >= 4 is 11.9 Å². The molecule has 0 saturated heterocycles. The van der Waals surface area contributed by atoms with Crippen molar-refractivity contribution in [3.63, 3.8) is 0 Å². The lowest BCUT2D eigenvalue weighted by Crippen LogP contribution is -2.41. The lowest BCUT2D eigenvalue weighted by atomic mass is 10.1. The molecule has 0 bridgehead atoms. The predicted octanol–water partition coefficient (Wildman–Crippen LogP) is 2.01. The van der Waals surface area contributed by atoms with Gasteiger partial charge in [-0.05, 0) is 42.5 Å². The van der Waals surface area contributed by atoms with E-state index in [0.29, 0.717) is 30.3 Å². The number of carbonyl (C=O) groups excluding carboxylic acids is 1. The van der Waals surface area contributed by atoms with E-state index < -0.39 is 12.0 Å². The Kier molecular flexibility index (Phi) is 5.84. The number of carbonyl (C=O) groups is 2. The Hall–Kier alpha value is -2.24. The van der Waals surface area contributed by atoms with Gasteiger partial charge in [0.25, 0.3) is 0 Å². The second-order valence-electron chi connectivity index (χ2n) is 5.82. The normalized spacial score (nSPS) is 14.9. The molecule has 0 aliphatic heterocycles. The standard InChI is InChI=1S/C17H23NO5/c1-22-13-6-7-15(23-2)12(10-13)5-8-16(19)18-14(17(20)21)9-11-3-4-11/h6-7,10-11,14H,3-5,8-9H2,1-2H3,(H,18,19)(H,20,21). The molecule has 2 rings (SSSR count). The maximum absolute atomic E-state index is 12.0. The van der Waals surface area contributed by atoms with E-state index in [0.717, 1.165) is 18.4 Å². The maximum Gasteiger partial charge on any atom is 0.326 e. The summed E-state index contributed by atoms with van der Waals surface area (Å²) < 4.78 is 10.4. The third kappa shape index (κ3) is 5.16. The quantitative estimate of drug-likeness (QED) is 0.727. The Morgan fingerprint density at radius 3 is 2.61 bits per heavy atom. The highest BCUT2D eigenvalue weighted by atomic mass is 16.5. The summed E-state index contributed by atoms with van der Waals surface area (Å²) >= 11 is 0. The summed E-state index contributed by atoms with van der Waals surface area (Å²) in [5, 5.41) is 11.8. The molecule has 1 atom stereocenters. The Morgan fingerprint density at radius 1 is 1.30 bits per heavy atom. The summed E-state index contributed by atoms with van der Waals surface area (Å²) in [5.74, 6) is 0.590. The van der Waals surface area contributed by atoms with Gasteiger partial charge < -0.3 is 19.9 Å². The summed E-state index contributed by atoms with van der Waals surface area (Å²) in [6, 6.07) is 4.62. The number of hydrogen-bond donors (Lipinski definition) is 2. The predicted molar refractivity (Wildman–Crippen MR) is 84.8 cm³/mol. The summed E-state index contributed by atoms with van der Waals surface area (Å²) in [5.41, 5.74) is 0.857. The second-order valence-corrected chi connectivity index (χ2v) is 5.82. The highest BCUT2D eigenvalue weighted by Gasteiger charge is 2.30. The fourth-order valence-electron chi connectivity index (χ4n) is 2.50. The molecule has 0 aromatic heterocycles. The highest BCUT2D eigenvalue weighted by Crippen LogP contribution is 2.33. The number of carboxylic acid groups (broad SMARTS) is 1. The number of carboxylic acids is 1. The minimum absolute atomic E-state index is 0.206. The van der Waals surface area contributed by atoms with Crippen LogP contribution in [0.1, 0.15) is 31.2 Å². The van der Waals surface area contributed by atoms with Crippen molar-refractivity contribution < 1.29 is 24.2 Å². The van der Waals surface area contributed by atoms with E-state index in [2.05, 4.69) is 5.32 Å². The van der Waals surface area contributed by atoms with E-state index in [9.17, 15) is 14.7 Å². The van der Waals surface area contributed by atoms with E-state index in [1.54, 1.807) is 26.4 Å². The van der Waals surface area contributed by atoms with Gasteiger partial charge in [-0.25, -0.2) is 4.79 Å². The van der Waals surface area contributed by atoms with Crippen molar-refractivity contribution in [1.29, 1.82) is 0 Å². The third-order valence-corrected chi connectivity index (χ3v) is 4.01. The van der Waals surface area contributed by atoms with Crippen LogP contribution in [0.15, 0.2) is 18.2 Å². The van der Waals surface area contributed by atoms with Crippen molar-refractivity contribution in [3.05, 3.63) is 23.8 Å². The molecule has 1 aliphatic carbocycles. The number of nitrogens with one attached hydrogen (secondary N) is 1. The molecule has 6 nitrogen and oxygen atoms in total. The molecule has 1 aromatic rings. The lowest BCUT2D eigenvalue weighted by Gasteiger charge is -2.15. The highest BCUT2D eigenvalue weighted by molar-refractivity contribution is 5.83. The average molecular weight is 321 g/mol. The fourth-order valence-corrected chi connectivity index (χ4v) is 2.50. The molecule has 0 heterocycles. The molecule has 2 N–H and O–H groups in total. The molecule has 1 fully saturated rings. The van der Waals surface area contributed by atoms with Gasteiger partial charge in [0.1, 0.15) is 17.5 Å². The van der Waals surface area contributed by atoms with Crippen molar-refractivity contribution in [2.24, 2.45) is 5.92 Å². The summed E-state index contributed by atoms with van der Waals surface area (Å²) in [4.78, 5) is 23.2. The van der Waals surface area contributed by atoms with Gasteiger partial charge in [-0.2, -0.15) is 0 Å². The number of aliphatic carboxylic acids is 1. The van der Waals surface area contributed by atoms with Crippen molar-refractivity contribution in [2.45, 2.75) is 38.1 Å². The van der Waals surface area contributed by atoms with Crippen LogP contribution in [0, 0.1) is 5.92 Å². The molecule has 23 heavy (non-hydrogen) atoms. The SMILES string of the molecule is COc1ccc(OC)c(CCC(=O)NC(CC2CC2)C(=O)O)c1. The molecule has 1 amide bonds. The van der Waals surface area contributed by atoms with E-state index >= 15 is 0 Å². The smallest absolute Gasteiger partial charge is 0.326 e. The minimum atomic E-state index is -0.968. The van der Waals surface area contributed by atoms with Gasteiger partial charge in [-0.3, -0.25) is 4.79 Å². The molecule has 1 saturated carbocycles. The van der Waals surface area contributed by atoms with Crippen LogP contribution < -0.4 is 14.8 Å². The van der Waals surface area contributed by atoms with Gasteiger partial charge in [0.05, 0.1) is 14.2 Å². The number of methoxy groups -OCH3 is 2. The van der Waals surface area contributed by atoms with Gasteiger partial charge in [0, 0.05) is 6.42 Å². The van der Waals surface area contributed by atoms with E-state index in [1.807, 2.05) is 6.07 Å². The Morgan fingerprint density at radius 2 is 2.04 bits per heavy atom. The first kappa shape index (κ1) is 17.1. The average Bonchev–Trinajstić information content (AvgIpc) is 3.35. The van der Waals surface area contributed by atoms with Crippen LogP contribution in [0.3, 0.4) is 0 Å². The fraction of sp³-hybridized carbons (Fsp3) is 0.529. The molecular formula is C17H23NO5.